The normalized spacial score (nSPS) is 34.3. The number of imide groups is 1. The van der Waals surface area contributed by atoms with Gasteiger partial charge < -0.3 is 9.88 Å². The maximum absolute atomic E-state index is 12.2. The maximum atomic E-state index is 12.2. The summed E-state index contributed by atoms with van der Waals surface area (Å²) in [5, 5.41) is 5.65. The fourth-order valence-corrected chi connectivity index (χ4v) is 5.37. The van der Waals surface area contributed by atoms with Gasteiger partial charge in [0.2, 0.25) is 5.91 Å². The number of nitrogens with one attached hydrogen (secondary N) is 2. The van der Waals surface area contributed by atoms with Gasteiger partial charge in [-0.3, -0.25) is 10.1 Å². The Kier molecular flexibility index (Phi) is 3.62. The highest BCUT2D eigenvalue weighted by atomic mass is 16.2. The molecular formula is C17H24N4O2. The molecule has 3 amide bonds. The Morgan fingerprint density at radius 1 is 1.13 bits per heavy atom. The Balaban J connectivity index is 1.29. The average molecular weight is 316 g/mol. The van der Waals surface area contributed by atoms with E-state index in [2.05, 4.69) is 15.6 Å². The van der Waals surface area contributed by atoms with Crippen LogP contribution in [0.4, 0.5) is 4.79 Å². The van der Waals surface area contributed by atoms with Crippen molar-refractivity contribution in [3.63, 3.8) is 0 Å². The van der Waals surface area contributed by atoms with E-state index in [1.54, 1.807) is 12.5 Å². The third-order valence-electron chi connectivity index (χ3n) is 5.83. The molecule has 124 valence electrons. The van der Waals surface area contributed by atoms with Crippen LogP contribution >= 0.6 is 0 Å². The molecule has 0 aromatic carbocycles. The summed E-state index contributed by atoms with van der Waals surface area (Å²) in [4.78, 5) is 28.1. The van der Waals surface area contributed by atoms with E-state index in [-0.39, 0.29) is 23.9 Å². The maximum Gasteiger partial charge on any atom is 0.321 e. The summed E-state index contributed by atoms with van der Waals surface area (Å²) in [7, 11) is 0. The number of imidazole rings is 1. The fourth-order valence-electron chi connectivity index (χ4n) is 5.37. The molecule has 23 heavy (non-hydrogen) atoms. The van der Waals surface area contributed by atoms with Gasteiger partial charge in [-0.2, -0.15) is 0 Å². The van der Waals surface area contributed by atoms with Gasteiger partial charge in [-0.1, -0.05) is 0 Å². The van der Waals surface area contributed by atoms with Gasteiger partial charge in [-0.05, 0) is 56.3 Å². The second kappa shape index (κ2) is 5.65. The molecule has 6 heteroatoms. The Morgan fingerprint density at radius 3 is 2.35 bits per heavy atom. The highest BCUT2D eigenvalue weighted by Gasteiger charge is 2.51. The molecule has 4 fully saturated rings. The first-order valence-electron chi connectivity index (χ1n) is 8.68. The second-order valence-corrected chi connectivity index (χ2v) is 7.75. The van der Waals surface area contributed by atoms with E-state index in [0.717, 1.165) is 37.0 Å². The second-order valence-electron chi connectivity index (χ2n) is 7.75. The van der Waals surface area contributed by atoms with Gasteiger partial charge in [0.15, 0.2) is 0 Å². The minimum absolute atomic E-state index is 0.0521. The molecule has 4 saturated carbocycles. The third-order valence-corrected chi connectivity index (χ3v) is 5.83. The Hall–Kier alpha value is -1.85. The van der Waals surface area contributed by atoms with Crippen molar-refractivity contribution < 1.29 is 9.59 Å². The minimum Gasteiger partial charge on any atom is -0.337 e. The standard InChI is InChI=1S/C17H24N4O2/c22-15(1-3-21-4-2-18-11-21)19-16(23)20-17-8-12-5-13(9-17)7-14(6-12)10-17/h2,4,11-14H,1,3,5-10H2,(H2,19,20,22,23). The number of amides is 3. The lowest BCUT2D eigenvalue weighted by molar-refractivity contribution is -0.120. The monoisotopic (exact) mass is 316 g/mol. The van der Waals surface area contributed by atoms with Gasteiger partial charge in [0.25, 0.3) is 0 Å². The van der Waals surface area contributed by atoms with Crippen LogP contribution in [0.25, 0.3) is 0 Å². The SMILES string of the molecule is O=C(CCn1ccnc1)NC(=O)NC12CC3CC(CC(C3)C1)C2. The van der Waals surface area contributed by atoms with Crippen LogP contribution in [0, 0.1) is 17.8 Å². The van der Waals surface area contributed by atoms with E-state index in [4.69, 9.17) is 0 Å². The number of hydrogen-bond acceptors (Lipinski definition) is 3. The fraction of sp³-hybridized carbons (Fsp3) is 0.706. The molecule has 0 unspecified atom stereocenters. The van der Waals surface area contributed by atoms with Crippen LogP contribution in [0.5, 0.6) is 0 Å². The smallest absolute Gasteiger partial charge is 0.321 e. The first kappa shape index (κ1) is 14.7. The molecule has 1 aromatic heterocycles. The van der Waals surface area contributed by atoms with Crippen molar-refractivity contribution in [2.45, 2.75) is 57.0 Å². The molecule has 0 saturated heterocycles. The van der Waals surface area contributed by atoms with Crippen molar-refractivity contribution in [3.05, 3.63) is 18.7 Å². The van der Waals surface area contributed by atoms with Gasteiger partial charge in [0, 0.05) is 30.9 Å². The summed E-state index contributed by atoms with van der Waals surface area (Å²) in [6.07, 6.45) is 12.7. The van der Waals surface area contributed by atoms with E-state index < -0.39 is 0 Å². The molecule has 1 aromatic rings. The van der Waals surface area contributed by atoms with Gasteiger partial charge in [-0.25, -0.2) is 9.78 Å². The summed E-state index contributed by atoms with van der Waals surface area (Å²) < 4.78 is 1.83. The summed E-state index contributed by atoms with van der Waals surface area (Å²) >= 11 is 0. The number of urea groups is 1. The summed E-state index contributed by atoms with van der Waals surface area (Å²) in [6, 6.07) is -0.317. The number of rotatable bonds is 4. The van der Waals surface area contributed by atoms with Crippen LogP contribution in [0.2, 0.25) is 0 Å². The lowest BCUT2D eigenvalue weighted by atomic mass is 9.53. The van der Waals surface area contributed by atoms with Crippen molar-refractivity contribution in [3.8, 4) is 0 Å². The lowest BCUT2D eigenvalue weighted by Crippen LogP contribution is -2.61. The molecule has 1 heterocycles. The van der Waals surface area contributed by atoms with Crippen LogP contribution in [0.1, 0.15) is 44.9 Å². The van der Waals surface area contributed by atoms with Gasteiger partial charge >= 0.3 is 6.03 Å². The molecular weight excluding hydrogens is 292 g/mol. The molecule has 5 rings (SSSR count). The summed E-state index contributed by atoms with van der Waals surface area (Å²) in [5.74, 6) is 2.09. The molecule has 0 aliphatic heterocycles. The largest absolute Gasteiger partial charge is 0.337 e. The quantitative estimate of drug-likeness (QED) is 0.893. The topological polar surface area (TPSA) is 76.0 Å². The molecule has 0 spiro atoms. The van der Waals surface area contributed by atoms with Crippen molar-refractivity contribution in [2.75, 3.05) is 0 Å². The molecule has 0 radical (unpaired) electrons. The number of carbonyl (C=O) groups is 2. The van der Waals surface area contributed by atoms with Crippen molar-refractivity contribution >= 4 is 11.9 Å². The van der Waals surface area contributed by atoms with Crippen molar-refractivity contribution in [1.82, 2.24) is 20.2 Å². The highest BCUT2D eigenvalue weighted by molar-refractivity contribution is 5.94. The number of carbonyl (C=O) groups excluding carboxylic acids is 2. The number of aryl methyl sites for hydroxylation is 1. The van der Waals surface area contributed by atoms with E-state index in [0.29, 0.717) is 6.54 Å². The van der Waals surface area contributed by atoms with Crippen molar-refractivity contribution in [1.29, 1.82) is 0 Å². The zero-order chi connectivity index (χ0) is 15.9. The first-order valence-corrected chi connectivity index (χ1v) is 8.68. The molecule has 4 bridgehead atoms. The predicted octanol–water partition coefficient (Wildman–Crippen LogP) is 2.07. The Morgan fingerprint density at radius 2 is 1.78 bits per heavy atom. The zero-order valence-electron chi connectivity index (χ0n) is 13.3. The minimum atomic E-state index is -0.317. The van der Waals surface area contributed by atoms with Gasteiger partial charge in [0.1, 0.15) is 0 Å². The first-order chi connectivity index (χ1) is 11.1. The summed E-state index contributed by atoms with van der Waals surface area (Å²) in [5.41, 5.74) is -0.0521. The van der Waals surface area contributed by atoms with Crippen LogP contribution in [0.3, 0.4) is 0 Å². The number of nitrogens with zero attached hydrogens (tertiary/aromatic N) is 2. The number of hydrogen-bond donors (Lipinski definition) is 2. The van der Waals surface area contributed by atoms with E-state index >= 15 is 0 Å². The molecule has 4 aliphatic carbocycles. The van der Waals surface area contributed by atoms with Crippen molar-refractivity contribution in [2.24, 2.45) is 17.8 Å². The Bertz CT molecular complexity index is 560. The highest BCUT2D eigenvalue weighted by Crippen LogP contribution is 2.55. The lowest BCUT2D eigenvalue weighted by Gasteiger charge is -2.56. The summed E-state index contributed by atoms with van der Waals surface area (Å²) in [6.45, 7) is 0.538. The van der Waals surface area contributed by atoms with Crippen LogP contribution in [-0.4, -0.2) is 27.0 Å². The van der Waals surface area contributed by atoms with Gasteiger partial charge in [-0.15, -0.1) is 0 Å². The van der Waals surface area contributed by atoms with Crippen LogP contribution in [0.15, 0.2) is 18.7 Å². The Labute approximate surface area is 136 Å². The predicted molar refractivity (Wildman–Crippen MR) is 84.4 cm³/mol. The molecule has 2 N–H and O–H groups in total. The van der Waals surface area contributed by atoms with Crippen LogP contribution < -0.4 is 10.6 Å². The van der Waals surface area contributed by atoms with Crippen LogP contribution in [-0.2, 0) is 11.3 Å². The molecule has 0 atom stereocenters. The van der Waals surface area contributed by atoms with E-state index in [9.17, 15) is 9.59 Å². The molecule has 6 nitrogen and oxygen atoms in total. The number of aromatic nitrogens is 2. The van der Waals surface area contributed by atoms with Gasteiger partial charge in [0.05, 0.1) is 6.33 Å². The van der Waals surface area contributed by atoms with E-state index in [1.807, 2.05) is 10.8 Å². The average Bonchev–Trinajstić information content (AvgIpc) is 2.96. The van der Waals surface area contributed by atoms with E-state index in [1.165, 1.54) is 19.3 Å². The molecule has 4 aliphatic rings. The third kappa shape index (κ3) is 3.12. The zero-order valence-corrected chi connectivity index (χ0v) is 13.3.